The monoisotopic (exact) mass is 338 g/mol. The minimum absolute atomic E-state index is 0.0929. The number of hydrogen-bond acceptors (Lipinski definition) is 5. The Balaban J connectivity index is 1.88. The van der Waals surface area contributed by atoms with Crippen molar-refractivity contribution in [2.45, 2.75) is 63.8 Å². The van der Waals surface area contributed by atoms with Crippen molar-refractivity contribution in [1.82, 2.24) is 0 Å². The third-order valence-electron chi connectivity index (χ3n) is 5.38. The lowest BCUT2D eigenvalue weighted by molar-refractivity contribution is -0.143. The fourth-order valence-electron chi connectivity index (χ4n) is 4.02. The first-order valence-electron chi connectivity index (χ1n) is 8.91. The second-order valence-electron chi connectivity index (χ2n) is 7.16. The van der Waals surface area contributed by atoms with Gasteiger partial charge in [0.2, 0.25) is 0 Å². The van der Waals surface area contributed by atoms with Crippen LogP contribution < -0.4 is 0 Å². The summed E-state index contributed by atoms with van der Waals surface area (Å²) in [4.78, 5) is 11.1. The molecule has 0 amide bonds. The van der Waals surface area contributed by atoms with Gasteiger partial charge in [-0.05, 0) is 49.5 Å². The zero-order valence-corrected chi connectivity index (χ0v) is 14.6. The Hall–Kier alpha value is -1.17. The van der Waals surface area contributed by atoms with Crippen LogP contribution in [0.1, 0.15) is 45.4 Å². The predicted octanol–water partition coefficient (Wildman–Crippen LogP) is 1.96. The van der Waals surface area contributed by atoms with Gasteiger partial charge in [-0.1, -0.05) is 25.2 Å². The van der Waals surface area contributed by atoms with Gasteiger partial charge in [0.15, 0.2) is 0 Å². The first-order valence-corrected chi connectivity index (χ1v) is 8.91. The molecule has 0 aromatic rings. The van der Waals surface area contributed by atoms with Crippen LogP contribution in [-0.4, -0.2) is 46.7 Å². The molecule has 0 saturated carbocycles. The van der Waals surface area contributed by atoms with Gasteiger partial charge in [0.25, 0.3) is 0 Å². The van der Waals surface area contributed by atoms with E-state index in [1.807, 2.05) is 0 Å². The zero-order chi connectivity index (χ0) is 17.7. The molecule has 24 heavy (non-hydrogen) atoms. The van der Waals surface area contributed by atoms with E-state index in [9.17, 15) is 20.1 Å². The van der Waals surface area contributed by atoms with Gasteiger partial charge in [-0.2, -0.15) is 0 Å². The number of methoxy groups -OCH3 is 1. The third-order valence-corrected chi connectivity index (χ3v) is 5.38. The summed E-state index contributed by atoms with van der Waals surface area (Å²) in [5, 5.41) is 30.4. The highest BCUT2D eigenvalue weighted by Gasteiger charge is 2.37. The molecule has 1 unspecified atom stereocenters. The molecule has 0 radical (unpaired) electrons. The molecule has 0 spiro atoms. The molecule has 0 saturated heterocycles. The van der Waals surface area contributed by atoms with Crippen molar-refractivity contribution >= 4 is 5.97 Å². The number of esters is 1. The number of carbonyl (C=O) groups excluding carboxylic acids is 1. The smallest absolute Gasteiger partial charge is 0.308 e. The van der Waals surface area contributed by atoms with Gasteiger partial charge in [0.1, 0.15) is 0 Å². The summed E-state index contributed by atoms with van der Waals surface area (Å²) in [5.74, 6) is 0.322. The lowest BCUT2D eigenvalue weighted by Crippen LogP contribution is -2.37. The standard InChI is InChI=1S/C19H30O5/c1-12-6-7-13-4-3-5-17(22)19(13)16(12)9-8-14(20)10-15(21)11-18(23)24-2/h4,6-7,12,14-17,19-22H,3,5,8-11H2,1-2H3/t12-,14+,15+,16-,17-,19?/m0/s1. The molecule has 0 fully saturated rings. The molecule has 5 heteroatoms. The van der Waals surface area contributed by atoms with Gasteiger partial charge < -0.3 is 20.1 Å². The first-order chi connectivity index (χ1) is 11.4. The maximum absolute atomic E-state index is 11.1. The molecule has 3 N–H and O–H groups in total. The van der Waals surface area contributed by atoms with E-state index in [1.54, 1.807) is 0 Å². The Bertz CT molecular complexity index is 484. The summed E-state index contributed by atoms with van der Waals surface area (Å²) in [5.41, 5.74) is 1.22. The van der Waals surface area contributed by atoms with Crippen molar-refractivity contribution in [2.75, 3.05) is 7.11 Å². The van der Waals surface area contributed by atoms with Crippen molar-refractivity contribution in [3.63, 3.8) is 0 Å². The van der Waals surface area contributed by atoms with Crippen LogP contribution in [0, 0.1) is 17.8 Å². The average molecular weight is 338 g/mol. The summed E-state index contributed by atoms with van der Waals surface area (Å²) < 4.78 is 4.52. The van der Waals surface area contributed by atoms with Gasteiger partial charge in [0, 0.05) is 5.92 Å². The minimum atomic E-state index is -0.883. The second kappa shape index (κ2) is 8.79. The normalized spacial score (nSPS) is 31.8. The van der Waals surface area contributed by atoms with E-state index in [0.717, 1.165) is 19.3 Å². The second-order valence-corrected chi connectivity index (χ2v) is 7.16. The molecule has 2 aliphatic rings. The third kappa shape index (κ3) is 4.91. The average Bonchev–Trinajstić information content (AvgIpc) is 2.54. The largest absolute Gasteiger partial charge is 0.469 e. The Morgan fingerprint density at radius 2 is 2.12 bits per heavy atom. The van der Waals surface area contributed by atoms with Crippen LogP contribution in [0.5, 0.6) is 0 Å². The molecule has 0 aromatic heterocycles. The Kier molecular flexibility index (Phi) is 7.02. The number of allylic oxidation sites excluding steroid dienone is 3. The Morgan fingerprint density at radius 3 is 2.83 bits per heavy atom. The van der Waals surface area contributed by atoms with Crippen LogP contribution in [0.4, 0.5) is 0 Å². The van der Waals surface area contributed by atoms with E-state index in [1.165, 1.54) is 12.7 Å². The van der Waals surface area contributed by atoms with Crippen molar-refractivity contribution in [3.8, 4) is 0 Å². The maximum atomic E-state index is 11.1. The first kappa shape index (κ1) is 19.2. The molecular formula is C19H30O5. The number of aliphatic hydroxyl groups is 3. The van der Waals surface area contributed by atoms with Crippen LogP contribution >= 0.6 is 0 Å². The maximum Gasteiger partial charge on any atom is 0.308 e. The van der Waals surface area contributed by atoms with E-state index in [0.29, 0.717) is 18.3 Å². The van der Waals surface area contributed by atoms with Crippen molar-refractivity contribution in [3.05, 3.63) is 23.8 Å². The molecule has 0 heterocycles. The van der Waals surface area contributed by atoms with E-state index in [2.05, 4.69) is 29.9 Å². The van der Waals surface area contributed by atoms with Crippen molar-refractivity contribution < 1.29 is 24.9 Å². The van der Waals surface area contributed by atoms with E-state index in [-0.39, 0.29) is 24.9 Å². The van der Waals surface area contributed by atoms with E-state index >= 15 is 0 Å². The zero-order valence-electron chi connectivity index (χ0n) is 14.6. The van der Waals surface area contributed by atoms with E-state index in [4.69, 9.17) is 0 Å². The van der Waals surface area contributed by atoms with Gasteiger partial charge in [-0.3, -0.25) is 4.79 Å². The summed E-state index contributed by atoms with van der Waals surface area (Å²) in [7, 11) is 1.28. The Labute approximate surface area is 144 Å². The fourth-order valence-corrected chi connectivity index (χ4v) is 4.02. The molecule has 0 aliphatic heterocycles. The molecule has 6 atom stereocenters. The van der Waals surface area contributed by atoms with Crippen molar-refractivity contribution in [2.24, 2.45) is 17.8 Å². The number of carbonyl (C=O) groups is 1. The summed E-state index contributed by atoms with van der Waals surface area (Å²) in [6.07, 6.45) is 7.80. The lowest BCUT2D eigenvalue weighted by atomic mass is 9.66. The molecule has 0 bridgehead atoms. The minimum Gasteiger partial charge on any atom is -0.469 e. The lowest BCUT2D eigenvalue weighted by Gasteiger charge is -2.40. The highest BCUT2D eigenvalue weighted by molar-refractivity contribution is 5.69. The van der Waals surface area contributed by atoms with Gasteiger partial charge >= 0.3 is 5.97 Å². The molecule has 0 aromatic carbocycles. The van der Waals surface area contributed by atoms with Gasteiger partial charge in [-0.25, -0.2) is 0 Å². The molecular weight excluding hydrogens is 308 g/mol. The number of rotatable bonds is 7. The summed E-state index contributed by atoms with van der Waals surface area (Å²) in [6, 6.07) is 0. The summed E-state index contributed by atoms with van der Waals surface area (Å²) >= 11 is 0. The van der Waals surface area contributed by atoms with Crippen LogP contribution in [0.15, 0.2) is 23.8 Å². The topological polar surface area (TPSA) is 87.0 Å². The molecule has 136 valence electrons. The number of ether oxygens (including phenoxy) is 1. The number of aliphatic hydroxyl groups excluding tert-OH is 3. The Morgan fingerprint density at radius 1 is 1.38 bits per heavy atom. The molecule has 5 nitrogen and oxygen atoms in total. The SMILES string of the molecule is COC(=O)C[C@H](O)C[C@H](O)CC[C@@H]1C2C(=CCC[C@@H]2O)C=C[C@@H]1C. The highest BCUT2D eigenvalue weighted by atomic mass is 16.5. The quantitative estimate of drug-likeness (QED) is 0.618. The molecule has 2 aliphatic carbocycles. The van der Waals surface area contributed by atoms with Gasteiger partial charge in [-0.15, -0.1) is 0 Å². The van der Waals surface area contributed by atoms with Crippen molar-refractivity contribution in [1.29, 1.82) is 0 Å². The number of fused-ring (bicyclic) bond motifs is 1. The predicted molar refractivity (Wildman–Crippen MR) is 91.1 cm³/mol. The van der Waals surface area contributed by atoms with Gasteiger partial charge in [0.05, 0.1) is 31.8 Å². The highest BCUT2D eigenvalue weighted by Crippen LogP contribution is 2.42. The van der Waals surface area contributed by atoms with Crippen LogP contribution in [0.3, 0.4) is 0 Å². The van der Waals surface area contributed by atoms with E-state index < -0.39 is 18.2 Å². The molecule has 2 rings (SSSR count). The fraction of sp³-hybridized carbons (Fsp3) is 0.737. The van der Waals surface area contributed by atoms with Crippen LogP contribution in [0.2, 0.25) is 0 Å². The van der Waals surface area contributed by atoms with Crippen LogP contribution in [0.25, 0.3) is 0 Å². The van der Waals surface area contributed by atoms with Crippen LogP contribution in [-0.2, 0) is 9.53 Å². The number of hydrogen-bond donors (Lipinski definition) is 3. The summed E-state index contributed by atoms with van der Waals surface area (Å²) in [6.45, 7) is 2.15.